The summed E-state index contributed by atoms with van der Waals surface area (Å²) in [5.41, 5.74) is 5.11. The van der Waals surface area contributed by atoms with Crippen LogP contribution >= 0.6 is 0 Å². The number of hydrogen-bond donors (Lipinski definition) is 3. The first-order valence-corrected chi connectivity index (χ1v) is 9.87. The highest BCUT2D eigenvalue weighted by atomic mass is 16.4. The van der Waals surface area contributed by atoms with Crippen LogP contribution in [-0.4, -0.2) is 29.3 Å². The van der Waals surface area contributed by atoms with E-state index in [-0.39, 0.29) is 0 Å². The summed E-state index contributed by atoms with van der Waals surface area (Å²) >= 11 is 0. The number of unbranched alkanes of at least 4 members (excludes halogenated alkanes) is 4. The number of pyridine rings is 1. The zero-order valence-corrected chi connectivity index (χ0v) is 15.4. The van der Waals surface area contributed by atoms with Crippen molar-refractivity contribution >= 4 is 22.7 Å². The Morgan fingerprint density at radius 2 is 1.73 bits per heavy atom. The molecule has 0 saturated heterocycles. The second kappa shape index (κ2) is 9.41. The first kappa shape index (κ1) is 18.5. The van der Waals surface area contributed by atoms with Gasteiger partial charge in [-0.25, -0.2) is 4.79 Å². The Morgan fingerprint density at radius 3 is 2.58 bits per heavy atom. The van der Waals surface area contributed by atoms with Crippen molar-refractivity contribution in [3.8, 4) is 0 Å². The van der Waals surface area contributed by atoms with Crippen LogP contribution in [-0.2, 0) is 12.8 Å². The van der Waals surface area contributed by atoms with Gasteiger partial charge in [0, 0.05) is 29.9 Å². The minimum atomic E-state index is -0.929. The second-order valence-electron chi connectivity index (χ2n) is 7.06. The number of hydrogen-bond acceptors (Lipinski definition) is 3. The van der Waals surface area contributed by atoms with E-state index in [2.05, 4.69) is 34.9 Å². The number of para-hydroxylation sites is 1. The van der Waals surface area contributed by atoms with Gasteiger partial charge in [-0.1, -0.05) is 37.5 Å². The fourth-order valence-corrected chi connectivity index (χ4v) is 3.76. The largest absolute Gasteiger partial charge is 0.465 e. The minimum Gasteiger partial charge on any atom is -0.465 e. The molecule has 0 aliphatic heterocycles. The number of amides is 1. The first-order valence-electron chi connectivity index (χ1n) is 9.87. The Morgan fingerprint density at radius 1 is 1.00 bits per heavy atom. The van der Waals surface area contributed by atoms with Crippen molar-refractivity contribution in [3.05, 3.63) is 35.5 Å². The molecular formula is C21H29N3O2. The maximum atomic E-state index is 10.4. The minimum absolute atomic E-state index is 0.558. The van der Waals surface area contributed by atoms with Gasteiger partial charge in [-0.05, 0) is 50.2 Å². The van der Waals surface area contributed by atoms with E-state index in [0.29, 0.717) is 6.54 Å². The number of nitrogens with zero attached hydrogens (tertiary/aromatic N) is 1. The van der Waals surface area contributed by atoms with E-state index in [4.69, 9.17) is 10.1 Å². The molecule has 0 atom stereocenters. The van der Waals surface area contributed by atoms with E-state index in [1.807, 2.05) is 0 Å². The number of fused-ring (bicyclic) bond motifs is 2. The lowest BCUT2D eigenvalue weighted by Gasteiger charge is -2.21. The van der Waals surface area contributed by atoms with Crippen molar-refractivity contribution in [1.29, 1.82) is 0 Å². The number of carbonyl (C=O) groups is 1. The third-order valence-electron chi connectivity index (χ3n) is 5.10. The molecule has 1 aliphatic rings. The number of rotatable bonds is 9. The molecule has 140 valence electrons. The molecule has 2 aromatic rings. The quantitative estimate of drug-likeness (QED) is 0.568. The summed E-state index contributed by atoms with van der Waals surface area (Å²) in [7, 11) is 0. The molecule has 1 aromatic carbocycles. The molecule has 5 nitrogen and oxygen atoms in total. The van der Waals surface area contributed by atoms with Crippen LogP contribution in [0.2, 0.25) is 0 Å². The summed E-state index contributed by atoms with van der Waals surface area (Å²) in [5, 5.41) is 15.9. The Bertz CT molecular complexity index is 745. The molecule has 3 N–H and O–H groups in total. The summed E-state index contributed by atoms with van der Waals surface area (Å²) < 4.78 is 0. The van der Waals surface area contributed by atoms with Crippen LogP contribution in [0, 0.1) is 0 Å². The van der Waals surface area contributed by atoms with Crippen molar-refractivity contribution < 1.29 is 9.90 Å². The summed E-state index contributed by atoms with van der Waals surface area (Å²) in [6.45, 7) is 1.54. The molecule has 0 bridgehead atoms. The van der Waals surface area contributed by atoms with Gasteiger partial charge >= 0.3 is 6.09 Å². The van der Waals surface area contributed by atoms with Gasteiger partial charge in [-0.15, -0.1) is 0 Å². The third-order valence-corrected chi connectivity index (χ3v) is 5.10. The summed E-state index contributed by atoms with van der Waals surface area (Å²) in [4.78, 5) is 15.3. The summed E-state index contributed by atoms with van der Waals surface area (Å²) in [5.74, 6) is 0. The van der Waals surface area contributed by atoms with Crippen molar-refractivity contribution in [3.63, 3.8) is 0 Å². The van der Waals surface area contributed by atoms with Crippen LogP contribution in [0.3, 0.4) is 0 Å². The molecule has 1 aliphatic carbocycles. The molecule has 5 heteroatoms. The number of carboxylic acid groups (broad SMARTS) is 1. The van der Waals surface area contributed by atoms with Crippen LogP contribution in [0.25, 0.3) is 10.9 Å². The van der Waals surface area contributed by atoms with Crippen molar-refractivity contribution in [2.75, 3.05) is 18.4 Å². The third kappa shape index (κ3) is 4.87. The zero-order valence-electron chi connectivity index (χ0n) is 15.4. The van der Waals surface area contributed by atoms with Crippen LogP contribution in [0.15, 0.2) is 24.3 Å². The SMILES string of the molecule is O=C(O)NCCCCCCCNc1c2c(nc3ccccc13)CCCC2. The van der Waals surface area contributed by atoms with Crippen molar-refractivity contribution in [1.82, 2.24) is 10.3 Å². The smallest absolute Gasteiger partial charge is 0.404 e. The maximum absolute atomic E-state index is 10.4. The van der Waals surface area contributed by atoms with E-state index in [0.717, 1.165) is 50.6 Å². The van der Waals surface area contributed by atoms with E-state index in [9.17, 15) is 4.79 Å². The van der Waals surface area contributed by atoms with Gasteiger partial charge in [-0.2, -0.15) is 0 Å². The highest BCUT2D eigenvalue weighted by Gasteiger charge is 2.17. The molecule has 1 amide bonds. The van der Waals surface area contributed by atoms with Gasteiger partial charge in [0.2, 0.25) is 0 Å². The summed E-state index contributed by atoms with van der Waals surface area (Å²) in [6.07, 6.45) is 9.26. The number of anilines is 1. The number of aromatic nitrogens is 1. The fourth-order valence-electron chi connectivity index (χ4n) is 3.76. The van der Waals surface area contributed by atoms with Gasteiger partial charge < -0.3 is 15.7 Å². The van der Waals surface area contributed by atoms with E-state index in [1.54, 1.807) is 0 Å². The highest BCUT2D eigenvalue weighted by Crippen LogP contribution is 2.33. The lowest BCUT2D eigenvalue weighted by Crippen LogP contribution is -2.21. The van der Waals surface area contributed by atoms with Crippen molar-refractivity contribution in [2.24, 2.45) is 0 Å². The molecule has 0 saturated carbocycles. The van der Waals surface area contributed by atoms with Gasteiger partial charge in [0.25, 0.3) is 0 Å². The molecule has 0 unspecified atom stereocenters. The van der Waals surface area contributed by atoms with E-state index >= 15 is 0 Å². The highest BCUT2D eigenvalue weighted by molar-refractivity contribution is 5.93. The number of nitrogens with one attached hydrogen (secondary N) is 2. The molecular weight excluding hydrogens is 326 g/mol. The van der Waals surface area contributed by atoms with Crippen LogP contribution in [0.4, 0.5) is 10.5 Å². The maximum Gasteiger partial charge on any atom is 0.404 e. The second-order valence-corrected chi connectivity index (χ2v) is 7.06. The Kier molecular flexibility index (Phi) is 6.69. The Balaban J connectivity index is 1.50. The molecule has 0 fully saturated rings. The Labute approximate surface area is 155 Å². The standard InChI is InChI=1S/C21H29N3O2/c25-21(26)23-15-9-3-1-2-8-14-22-20-16-10-4-6-12-18(16)24-19-13-7-5-11-17(19)20/h4,6,10,12,23H,1-3,5,7-9,11,13-15H2,(H,22,24)(H,25,26). The summed E-state index contributed by atoms with van der Waals surface area (Å²) in [6, 6.07) is 8.44. The normalized spacial score (nSPS) is 13.4. The predicted octanol–water partition coefficient (Wildman–Crippen LogP) is 4.74. The monoisotopic (exact) mass is 355 g/mol. The van der Waals surface area contributed by atoms with Gasteiger partial charge in [0.15, 0.2) is 0 Å². The topological polar surface area (TPSA) is 74.2 Å². The van der Waals surface area contributed by atoms with Gasteiger partial charge in [-0.3, -0.25) is 4.98 Å². The number of benzene rings is 1. The van der Waals surface area contributed by atoms with Gasteiger partial charge in [0.1, 0.15) is 0 Å². The van der Waals surface area contributed by atoms with E-state index in [1.165, 1.54) is 41.6 Å². The fraction of sp³-hybridized carbons (Fsp3) is 0.524. The molecule has 26 heavy (non-hydrogen) atoms. The van der Waals surface area contributed by atoms with Crippen LogP contribution in [0.5, 0.6) is 0 Å². The van der Waals surface area contributed by atoms with E-state index < -0.39 is 6.09 Å². The molecule has 3 rings (SSSR count). The molecule has 1 heterocycles. The number of aryl methyl sites for hydroxylation is 1. The first-order chi connectivity index (χ1) is 12.8. The Hall–Kier alpha value is -2.30. The van der Waals surface area contributed by atoms with Gasteiger partial charge in [0.05, 0.1) is 5.52 Å². The average molecular weight is 355 g/mol. The van der Waals surface area contributed by atoms with Crippen LogP contribution in [0.1, 0.15) is 56.2 Å². The predicted molar refractivity (Wildman–Crippen MR) is 106 cm³/mol. The molecule has 0 radical (unpaired) electrons. The average Bonchev–Trinajstić information content (AvgIpc) is 2.65. The molecule has 1 aromatic heterocycles. The van der Waals surface area contributed by atoms with Crippen LogP contribution < -0.4 is 10.6 Å². The molecule has 0 spiro atoms. The lowest BCUT2D eigenvalue weighted by atomic mass is 9.92. The lowest BCUT2D eigenvalue weighted by molar-refractivity contribution is 0.194. The van der Waals surface area contributed by atoms with Crippen molar-refractivity contribution in [2.45, 2.75) is 57.8 Å². The zero-order chi connectivity index (χ0) is 18.2.